The fraction of sp³-hybridized carbons (Fsp3) is 0.562. The normalized spacial score (nSPS) is 26.6. The summed E-state index contributed by atoms with van der Waals surface area (Å²) in [5, 5.41) is -1.28. The Morgan fingerprint density at radius 3 is 2.07 bits per heavy atom. The van der Waals surface area contributed by atoms with Crippen molar-refractivity contribution in [3.8, 4) is 0 Å². The van der Waals surface area contributed by atoms with Gasteiger partial charge in [0.25, 0.3) is 23.6 Å². The van der Waals surface area contributed by atoms with Gasteiger partial charge in [-0.2, -0.15) is 0 Å². The molecule has 0 bridgehead atoms. The molecule has 0 spiro atoms. The number of hydroxylamine groups is 2. The standard InChI is InChI=1S/C16H17N2O8S.Na.H2O/c19-12-5-6-13(20)17(12)8-9-1-3-10(4-2-9)16(23)26-18-14(21)7-11(15(18)22)27(24)25;;/h5-6,9-11H,1-4,7-8H2;;1H2/q-1;+1;/p+1. The Balaban J connectivity index is 0.00000210. The van der Waals surface area contributed by atoms with E-state index in [0.29, 0.717) is 25.7 Å². The molecule has 1 saturated carbocycles. The van der Waals surface area contributed by atoms with Gasteiger partial charge in [-0.3, -0.25) is 24.1 Å². The van der Waals surface area contributed by atoms with E-state index in [9.17, 15) is 32.4 Å². The Bertz CT molecular complexity index is 791. The molecule has 2 aliphatic heterocycles. The van der Waals surface area contributed by atoms with Crippen LogP contribution < -0.4 is 29.6 Å². The Kier molecular flexibility index (Phi) is 9.15. The zero-order chi connectivity index (χ0) is 19.7. The van der Waals surface area contributed by atoms with Gasteiger partial charge in [-0.1, -0.05) is 10.7 Å². The summed E-state index contributed by atoms with van der Waals surface area (Å²) in [7, 11) is -2.76. The monoisotopic (exact) mass is 439 g/mol. The Morgan fingerprint density at radius 1 is 1.03 bits per heavy atom. The maximum absolute atomic E-state index is 12.2. The van der Waals surface area contributed by atoms with Crippen LogP contribution in [0.5, 0.6) is 0 Å². The molecule has 1 unspecified atom stereocenters. The third-order valence-corrected chi connectivity index (χ3v) is 5.83. The molecule has 0 aromatic heterocycles. The molecule has 0 radical (unpaired) electrons. The van der Waals surface area contributed by atoms with Crippen LogP contribution in [0, 0.1) is 11.8 Å². The minimum absolute atomic E-state index is 0. The van der Waals surface area contributed by atoms with Crippen molar-refractivity contribution in [3.63, 3.8) is 0 Å². The Morgan fingerprint density at radius 2 is 1.59 bits per heavy atom. The van der Waals surface area contributed by atoms with Crippen molar-refractivity contribution in [2.24, 2.45) is 11.8 Å². The van der Waals surface area contributed by atoms with Gasteiger partial charge in [0, 0.05) is 30.4 Å². The second-order valence-electron chi connectivity index (χ2n) is 6.73. The van der Waals surface area contributed by atoms with Crippen LogP contribution >= 0.6 is 0 Å². The van der Waals surface area contributed by atoms with E-state index in [-0.39, 0.29) is 64.4 Å². The van der Waals surface area contributed by atoms with Gasteiger partial charge in [-0.15, -0.1) is 5.06 Å². The molecule has 29 heavy (non-hydrogen) atoms. The molecule has 1 atom stereocenters. The van der Waals surface area contributed by atoms with Gasteiger partial charge in [-0.05, 0) is 31.6 Å². The molecule has 0 aromatic carbocycles. The smallest absolute Gasteiger partial charge is 0.457 e. The first-order valence-corrected chi connectivity index (χ1v) is 9.62. The molecular weight excluding hydrogens is 419 g/mol. The van der Waals surface area contributed by atoms with Crippen LogP contribution in [0.1, 0.15) is 32.1 Å². The van der Waals surface area contributed by atoms with E-state index in [4.69, 9.17) is 4.84 Å². The summed E-state index contributed by atoms with van der Waals surface area (Å²) in [5.74, 6) is -3.87. The molecule has 2 heterocycles. The topological polar surface area (TPSA) is 168 Å². The van der Waals surface area contributed by atoms with E-state index < -0.39 is 46.1 Å². The molecule has 1 saturated heterocycles. The largest absolute Gasteiger partial charge is 1.00 e. The SMILES string of the molecule is O=C(ON1C(=O)CC([S-](=O)=O)C1=O)C1CCC(CN2C(=O)C=CC2=O)CC1.[Na+].[OH3+]. The van der Waals surface area contributed by atoms with Crippen molar-refractivity contribution in [3.05, 3.63) is 12.2 Å². The van der Waals surface area contributed by atoms with Crippen molar-refractivity contribution >= 4 is 40.3 Å². The number of hydrogen-bond donors (Lipinski definition) is 0. The van der Waals surface area contributed by atoms with Crippen LogP contribution in [0.2, 0.25) is 0 Å². The van der Waals surface area contributed by atoms with E-state index >= 15 is 0 Å². The Labute approximate surface area is 189 Å². The number of hydrogen-bond acceptors (Lipinski definition) is 9. The molecule has 1 aliphatic carbocycles. The van der Waals surface area contributed by atoms with Gasteiger partial charge in [-0.25, -0.2) is 4.79 Å². The molecule has 3 rings (SSSR count). The molecule has 3 N–H and O–H groups in total. The first-order chi connectivity index (χ1) is 12.8. The van der Waals surface area contributed by atoms with E-state index in [0.717, 1.165) is 4.90 Å². The number of carbonyl (C=O) groups is 5. The van der Waals surface area contributed by atoms with Crippen molar-refractivity contribution in [2.45, 2.75) is 37.4 Å². The zero-order valence-electron chi connectivity index (χ0n) is 15.8. The average Bonchev–Trinajstić information content (AvgIpc) is 3.10. The summed E-state index contributed by atoms with van der Waals surface area (Å²) < 4.78 is 21.8. The zero-order valence-corrected chi connectivity index (χ0v) is 18.6. The minimum atomic E-state index is -2.76. The van der Waals surface area contributed by atoms with Crippen LogP contribution in [0.3, 0.4) is 0 Å². The van der Waals surface area contributed by atoms with Crippen LogP contribution in [-0.4, -0.2) is 51.4 Å². The summed E-state index contributed by atoms with van der Waals surface area (Å²) in [6.07, 6.45) is 3.88. The maximum atomic E-state index is 12.2. The maximum Gasteiger partial charge on any atom is 1.00 e. The number of carbonyl (C=O) groups excluding carboxylic acids is 5. The van der Waals surface area contributed by atoms with E-state index in [1.54, 1.807) is 0 Å². The van der Waals surface area contributed by atoms with E-state index in [2.05, 4.69) is 0 Å². The van der Waals surface area contributed by atoms with E-state index in [1.807, 2.05) is 0 Å². The molecule has 4 amide bonds. The van der Waals surface area contributed by atoms with Gasteiger partial charge in [0.2, 0.25) is 0 Å². The number of amides is 4. The van der Waals surface area contributed by atoms with Crippen LogP contribution in [0.15, 0.2) is 12.2 Å². The van der Waals surface area contributed by atoms with Crippen LogP contribution in [-0.2, 0) is 53.4 Å². The van der Waals surface area contributed by atoms with Gasteiger partial charge in [0.15, 0.2) is 0 Å². The van der Waals surface area contributed by atoms with Crippen molar-refractivity contribution < 1.29 is 72.3 Å². The second-order valence-corrected chi connectivity index (χ2v) is 7.82. The molecule has 0 aromatic rings. The third-order valence-electron chi connectivity index (χ3n) is 5.00. The van der Waals surface area contributed by atoms with Crippen molar-refractivity contribution in [2.75, 3.05) is 6.54 Å². The molecule has 13 heteroatoms. The predicted octanol–water partition coefficient (Wildman–Crippen LogP) is -4.31. The number of nitrogens with zero attached hydrogens (tertiary/aromatic N) is 2. The third kappa shape index (κ3) is 5.51. The summed E-state index contributed by atoms with van der Waals surface area (Å²) in [5.41, 5.74) is 0. The van der Waals surface area contributed by atoms with Gasteiger partial charge >= 0.3 is 35.5 Å². The first kappa shape index (κ1) is 25.4. The van der Waals surface area contributed by atoms with E-state index in [1.165, 1.54) is 12.2 Å². The molecule has 11 nitrogen and oxygen atoms in total. The quantitative estimate of drug-likeness (QED) is 0.179. The van der Waals surface area contributed by atoms with Gasteiger partial charge in [0.1, 0.15) is 0 Å². The van der Waals surface area contributed by atoms with Crippen molar-refractivity contribution in [1.82, 2.24) is 9.96 Å². The van der Waals surface area contributed by atoms with Crippen LogP contribution in [0.4, 0.5) is 0 Å². The minimum Gasteiger partial charge on any atom is -0.457 e. The predicted molar refractivity (Wildman–Crippen MR) is 91.3 cm³/mol. The molecular formula is C16H20N2NaO9S+. The van der Waals surface area contributed by atoms with Gasteiger partial charge in [0.05, 0.1) is 5.92 Å². The molecule has 154 valence electrons. The summed E-state index contributed by atoms with van der Waals surface area (Å²) in [6, 6.07) is 0. The first-order valence-electron chi connectivity index (χ1n) is 8.48. The van der Waals surface area contributed by atoms with Gasteiger partial charge < -0.3 is 18.7 Å². The fourth-order valence-electron chi connectivity index (χ4n) is 3.44. The van der Waals surface area contributed by atoms with Crippen LogP contribution in [0.25, 0.3) is 0 Å². The summed E-state index contributed by atoms with van der Waals surface area (Å²) >= 11 is 0. The molecule has 3 aliphatic rings. The number of rotatable bonds is 5. The Hall–Kier alpha value is -1.60. The summed E-state index contributed by atoms with van der Waals surface area (Å²) in [4.78, 5) is 65.0. The van der Waals surface area contributed by atoms with Crippen molar-refractivity contribution in [1.29, 1.82) is 0 Å². The number of imide groups is 2. The molecule has 2 fully saturated rings. The second kappa shape index (κ2) is 10.4. The average molecular weight is 439 g/mol. The summed E-state index contributed by atoms with van der Waals surface area (Å²) in [6.45, 7) is 0.284. The fourth-order valence-corrected chi connectivity index (χ4v) is 3.98.